The molecule has 0 aliphatic carbocycles. The maximum Gasteiger partial charge on any atom is 0.124 e. The minimum Gasteiger partial charge on any atom is -0.492 e. The topological polar surface area (TPSA) is 47.7 Å². The molecule has 0 bridgehead atoms. The summed E-state index contributed by atoms with van der Waals surface area (Å²) >= 11 is 0. The zero-order valence-electron chi connectivity index (χ0n) is 10.3. The number of aryl methyl sites for hydroxylation is 1. The fourth-order valence-electron chi connectivity index (χ4n) is 1.88. The summed E-state index contributed by atoms with van der Waals surface area (Å²) in [6, 6.07) is 5.76. The lowest BCUT2D eigenvalue weighted by Gasteiger charge is -2.26. The number of hydrogen-bond donors (Lipinski definition) is 1. The van der Waals surface area contributed by atoms with Crippen LogP contribution in [0, 0.1) is 6.92 Å². The van der Waals surface area contributed by atoms with Crippen LogP contribution in [0.25, 0.3) is 0 Å². The Morgan fingerprint density at radius 2 is 2.12 bits per heavy atom. The Labute approximate surface area is 102 Å². The van der Waals surface area contributed by atoms with Crippen molar-refractivity contribution in [1.29, 1.82) is 0 Å². The number of nitrogen functional groups attached to an aromatic ring is 1. The Morgan fingerprint density at radius 3 is 2.88 bits per heavy atom. The molecule has 2 rings (SSSR count). The van der Waals surface area contributed by atoms with Crippen LogP contribution in [0.2, 0.25) is 0 Å². The van der Waals surface area contributed by atoms with Crippen LogP contribution in [0.4, 0.5) is 5.69 Å². The summed E-state index contributed by atoms with van der Waals surface area (Å²) in [6.07, 6.45) is 0. The quantitative estimate of drug-likeness (QED) is 0.800. The Balaban J connectivity index is 1.79. The second-order valence-electron chi connectivity index (χ2n) is 4.33. The van der Waals surface area contributed by atoms with Gasteiger partial charge >= 0.3 is 0 Å². The first-order chi connectivity index (χ1) is 8.25. The number of benzene rings is 1. The molecule has 0 saturated carbocycles. The van der Waals surface area contributed by atoms with Crippen LogP contribution < -0.4 is 10.5 Å². The number of morpholine rings is 1. The first-order valence-corrected chi connectivity index (χ1v) is 6.05. The van der Waals surface area contributed by atoms with Gasteiger partial charge in [0.2, 0.25) is 0 Å². The van der Waals surface area contributed by atoms with E-state index in [1.54, 1.807) is 0 Å². The van der Waals surface area contributed by atoms with Crippen LogP contribution in [0.1, 0.15) is 5.56 Å². The van der Waals surface area contributed by atoms with E-state index in [0.29, 0.717) is 6.61 Å². The van der Waals surface area contributed by atoms with E-state index in [9.17, 15) is 0 Å². The normalized spacial score (nSPS) is 17.0. The third-order valence-electron chi connectivity index (χ3n) is 2.98. The molecule has 0 aromatic heterocycles. The van der Waals surface area contributed by atoms with E-state index in [4.69, 9.17) is 15.2 Å². The van der Waals surface area contributed by atoms with Gasteiger partial charge in [0.25, 0.3) is 0 Å². The zero-order valence-corrected chi connectivity index (χ0v) is 10.3. The third-order valence-corrected chi connectivity index (χ3v) is 2.98. The number of nitrogens with two attached hydrogens (primary N) is 1. The van der Waals surface area contributed by atoms with Crippen molar-refractivity contribution in [2.75, 3.05) is 45.2 Å². The molecular formula is C13H20N2O2. The number of anilines is 1. The molecule has 4 nitrogen and oxygen atoms in total. The summed E-state index contributed by atoms with van der Waals surface area (Å²) in [5.41, 5.74) is 7.61. The van der Waals surface area contributed by atoms with E-state index in [2.05, 4.69) is 4.90 Å². The summed E-state index contributed by atoms with van der Waals surface area (Å²) in [5, 5.41) is 0. The molecule has 0 atom stereocenters. The average molecular weight is 236 g/mol. The Bertz CT molecular complexity index is 362. The summed E-state index contributed by atoms with van der Waals surface area (Å²) in [5.74, 6) is 0.887. The van der Waals surface area contributed by atoms with Crippen LogP contribution in [0.3, 0.4) is 0 Å². The molecule has 94 valence electrons. The zero-order chi connectivity index (χ0) is 12.1. The van der Waals surface area contributed by atoms with Gasteiger partial charge in [-0.1, -0.05) is 6.07 Å². The van der Waals surface area contributed by atoms with Gasteiger partial charge in [0.1, 0.15) is 12.4 Å². The van der Waals surface area contributed by atoms with Gasteiger partial charge in [-0.2, -0.15) is 0 Å². The smallest absolute Gasteiger partial charge is 0.124 e. The lowest BCUT2D eigenvalue weighted by molar-refractivity contribution is 0.0322. The SMILES string of the molecule is Cc1ccc(N)cc1OCCN1CCOCC1. The Hall–Kier alpha value is -1.26. The molecule has 1 saturated heterocycles. The molecule has 17 heavy (non-hydrogen) atoms. The van der Waals surface area contributed by atoms with Crippen molar-refractivity contribution in [1.82, 2.24) is 4.90 Å². The second kappa shape index (κ2) is 5.89. The molecule has 1 aromatic carbocycles. The molecule has 1 aliphatic rings. The van der Waals surface area contributed by atoms with Gasteiger partial charge < -0.3 is 15.2 Å². The maximum atomic E-state index is 5.76. The van der Waals surface area contributed by atoms with Gasteiger partial charge in [0, 0.05) is 31.4 Å². The molecule has 2 N–H and O–H groups in total. The molecule has 1 fully saturated rings. The fourth-order valence-corrected chi connectivity index (χ4v) is 1.88. The van der Waals surface area contributed by atoms with E-state index < -0.39 is 0 Å². The van der Waals surface area contributed by atoms with Gasteiger partial charge in [0.05, 0.1) is 13.2 Å². The highest BCUT2D eigenvalue weighted by atomic mass is 16.5. The van der Waals surface area contributed by atoms with Crippen molar-refractivity contribution in [2.24, 2.45) is 0 Å². The van der Waals surface area contributed by atoms with Crippen molar-refractivity contribution >= 4 is 5.69 Å². The predicted molar refractivity (Wildman–Crippen MR) is 68.3 cm³/mol. The van der Waals surface area contributed by atoms with Crippen molar-refractivity contribution in [3.63, 3.8) is 0 Å². The highest BCUT2D eigenvalue weighted by Crippen LogP contribution is 2.20. The lowest BCUT2D eigenvalue weighted by atomic mass is 10.2. The number of ether oxygens (including phenoxy) is 2. The predicted octanol–water partition coefficient (Wildman–Crippen LogP) is 1.29. The highest BCUT2D eigenvalue weighted by Gasteiger charge is 2.10. The monoisotopic (exact) mass is 236 g/mol. The fraction of sp³-hybridized carbons (Fsp3) is 0.538. The van der Waals surface area contributed by atoms with E-state index in [-0.39, 0.29) is 0 Å². The number of rotatable bonds is 4. The Morgan fingerprint density at radius 1 is 1.35 bits per heavy atom. The summed E-state index contributed by atoms with van der Waals surface area (Å²) in [6.45, 7) is 7.33. The standard InChI is InChI=1S/C13H20N2O2/c1-11-2-3-12(14)10-13(11)17-9-6-15-4-7-16-8-5-15/h2-3,10H,4-9,14H2,1H3. The van der Waals surface area contributed by atoms with Crippen LogP contribution in [-0.4, -0.2) is 44.4 Å². The molecular weight excluding hydrogens is 216 g/mol. The number of hydrogen-bond acceptors (Lipinski definition) is 4. The first kappa shape index (κ1) is 12.2. The molecule has 1 aromatic rings. The molecule has 0 radical (unpaired) electrons. The van der Waals surface area contributed by atoms with Crippen molar-refractivity contribution in [3.05, 3.63) is 23.8 Å². The van der Waals surface area contributed by atoms with Gasteiger partial charge in [-0.25, -0.2) is 0 Å². The summed E-state index contributed by atoms with van der Waals surface area (Å²) in [4.78, 5) is 2.35. The van der Waals surface area contributed by atoms with Gasteiger partial charge in [-0.3, -0.25) is 4.90 Å². The molecule has 0 unspecified atom stereocenters. The summed E-state index contributed by atoms with van der Waals surface area (Å²) < 4.78 is 11.1. The minimum absolute atomic E-state index is 0.699. The van der Waals surface area contributed by atoms with E-state index in [0.717, 1.165) is 49.8 Å². The van der Waals surface area contributed by atoms with E-state index >= 15 is 0 Å². The Kier molecular flexibility index (Phi) is 4.23. The van der Waals surface area contributed by atoms with Crippen molar-refractivity contribution in [2.45, 2.75) is 6.92 Å². The molecule has 0 amide bonds. The van der Waals surface area contributed by atoms with Crippen LogP contribution >= 0.6 is 0 Å². The molecule has 1 aliphatic heterocycles. The molecule has 0 spiro atoms. The minimum atomic E-state index is 0.699. The van der Waals surface area contributed by atoms with Crippen LogP contribution in [0.15, 0.2) is 18.2 Å². The van der Waals surface area contributed by atoms with Crippen LogP contribution in [0.5, 0.6) is 5.75 Å². The highest BCUT2D eigenvalue weighted by molar-refractivity contribution is 5.47. The van der Waals surface area contributed by atoms with Gasteiger partial charge in [0.15, 0.2) is 0 Å². The second-order valence-corrected chi connectivity index (χ2v) is 4.33. The van der Waals surface area contributed by atoms with E-state index in [1.807, 2.05) is 25.1 Å². The van der Waals surface area contributed by atoms with Gasteiger partial charge in [-0.05, 0) is 18.6 Å². The largest absolute Gasteiger partial charge is 0.492 e. The van der Waals surface area contributed by atoms with Gasteiger partial charge in [-0.15, -0.1) is 0 Å². The molecule has 1 heterocycles. The first-order valence-electron chi connectivity index (χ1n) is 6.05. The summed E-state index contributed by atoms with van der Waals surface area (Å²) in [7, 11) is 0. The maximum absolute atomic E-state index is 5.76. The third kappa shape index (κ3) is 3.61. The average Bonchev–Trinajstić information content (AvgIpc) is 2.35. The number of nitrogens with zero attached hydrogens (tertiary/aromatic N) is 1. The molecule has 4 heteroatoms. The van der Waals surface area contributed by atoms with E-state index in [1.165, 1.54) is 0 Å². The van der Waals surface area contributed by atoms with Crippen molar-refractivity contribution < 1.29 is 9.47 Å². The van der Waals surface area contributed by atoms with Crippen molar-refractivity contribution in [3.8, 4) is 5.75 Å². The lowest BCUT2D eigenvalue weighted by Crippen LogP contribution is -2.38. The van der Waals surface area contributed by atoms with Crippen LogP contribution in [-0.2, 0) is 4.74 Å².